The predicted octanol–water partition coefficient (Wildman–Crippen LogP) is 6.04. The molecule has 0 bridgehead atoms. The molecule has 0 aliphatic carbocycles. The third kappa shape index (κ3) is 8.26. The molecule has 0 fully saturated rings. The average molecular weight is 290 g/mol. The lowest BCUT2D eigenvalue weighted by molar-refractivity contribution is 0.521. The van der Waals surface area contributed by atoms with Crippen LogP contribution in [0.25, 0.3) is 0 Å². The summed E-state index contributed by atoms with van der Waals surface area (Å²) in [6.07, 6.45) is 12.3. The largest absolute Gasteiger partial charge is 0.310 e. The Morgan fingerprint density at radius 1 is 0.810 bits per heavy atom. The number of nitrogens with one attached hydrogen (secondary N) is 1. The van der Waals surface area contributed by atoms with Crippen LogP contribution in [0.5, 0.6) is 0 Å². The standard InChI is InChI=1S/C20H35N/c1-4-6-7-8-9-10-11-12-17-21-18(3)20-15-13-19(5-2)14-16-20/h13-16,18,21H,4-12,17H2,1-3H3. The lowest BCUT2D eigenvalue weighted by Gasteiger charge is -2.14. The van der Waals surface area contributed by atoms with Crippen molar-refractivity contribution >= 4 is 0 Å². The van der Waals surface area contributed by atoms with Crippen LogP contribution < -0.4 is 5.32 Å². The number of unbranched alkanes of at least 4 members (excludes halogenated alkanes) is 7. The highest BCUT2D eigenvalue weighted by Gasteiger charge is 2.03. The van der Waals surface area contributed by atoms with Crippen LogP contribution >= 0.6 is 0 Å². The van der Waals surface area contributed by atoms with Crippen LogP contribution in [-0.4, -0.2) is 6.54 Å². The Hall–Kier alpha value is -0.820. The molecule has 0 spiro atoms. The van der Waals surface area contributed by atoms with E-state index in [0.29, 0.717) is 6.04 Å². The first-order valence-electron chi connectivity index (χ1n) is 9.10. The van der Waals surface area contributed by atoms with Crippen LogP contribution in [0, 0.1) is 0 Å². The van der Waals surface area contributed by atoms with Gasteiger partial charge >= 0.3 is 0 Å². The molecule has 1 unspecified atom stereocenters. The molecule has 1 nitrogen and oxygen atoms in total. The summed E-state index contributed by atoms with van der Waals surface area (Å²) in [5.41, 5.74) is 2.83. The third-order valence-corrected chi connectivity index (χ3v) is 4.37. The molecule has 0 aromatic heterocycles. The minimum Gasteiger partial charge on any atom is -0.310 e. The van der Waals surface area contributed by atoms with Crippen molar-refractivity contribution in [2.24, 2.45) is 0 Å². The summed E-state index contributed by atoms with van der Waals surface area (Å²) >= 11 is 0. The topological polar surface area (TPSA) is 12.0 Å². The van der Waals surface area contributed by atoms with Crippen LogP contribution in [0.4, 0.5) is 0 Å². The molecule has 0 saturated heterocycles. The molecule has 1 rings (SSSR count). The van der Waals surface area contributed by atoms with Crippen LogP contribution in [0.3, 0.4) is 0 Å². The zero-order valence-corrected chi connectivity index (χ0v) is 14.5. The summed E-state index contributed by atoms with van der Waals surface area (Å²) in [4.78, 5) is 0. The van der Waals surface area contributed by atoms with E-state index in [0.717, 1.165) is 13.0 Å². The van der Waals surface area contributed by atoms with Gasteiger partial charge in [0, 0.05) is 6.04 Å². The minimum absolute atomic E-state index is 0.473. The maximum atomic E-state index is 3.65. The maximum absolute atomic E-state index is 3.65. The van der Waals surface area contributed by atoms with E-state index in [9.17, 15) is 0 Å². The molecule has 1 N–H and O–H groups in total. The summed E-state index contributed by atoms with van der Waals surface area (Å²) < 4.78 is 0. The lowest BCUT2D eigenvalue weighted by atomic mass is 10.0. The summed E-state index contributed by atoms with van der Waals surface area (Å²) in [6, 6.07) is 9.52. The van der Waals surface area contributed by atoms with Gasteiger partial charge in [-0.3, -0.25) is 0 Å². The molecular weight excluding hydrogens is 254 g/mol. The van der Waals surface area contributed by atoms with E-state index < -0.39 is 0 Å². The minimum atomic E-state index is 0.473. The first-order chi connectivity index (χ1) is 10.3. The van der Waals surface area contributed by atoms with Gasteiger partial charge in [0.2, 0.25) is 0 Å². The first kappa shape index (κ1) is 18.2. The highest BCUT2D eigenvalue weighted by Crippen LogP contribution is 2.14. The van der Waals surface area contributed by atoms with Gasteiger partial charge in [-0.05, 0) is 37.4 Å². The first-order valence-corrected chi connectivity index (χ1v) is 9.10. The highest BCUT2D eigenvalue weighted by atomic mass is 14.9. The van der Waals surface area contributed by atoms with E-state index in [1.54, 1.807) is 0 Å². The zero-order valence-electron chi connectivity index (χ0n) is 14.5. The Kier molecular flexibility index (Phi) is 10.2. The summed E-state index contributed by atoms with van der Waals surface area (Å²) in [5.74, 6) is 0. The van der Waals surface area contributed by atoms with Crippen molar-refractivity contribution in [2.75, 3.05) is 6.54 Å². The molecule has 1 aromatic rings. The molecule has 0 aliphatic rings. The summed E-state index contributed by atoms with van der Waals surface area (Å²) in [7, 11) is 0. The van der Waals surface area contributed by atoms with Crippen LogP contribution in [0.15, 0.2) is 24.3 Å². The van der Waals surface area contributed by atoms with E-state index in [1.165, 1.54) is 62.5 Å². The predicted molar refractivity (Wildman–Crippen MR) is 94.8 cm³/mol. The molecule has 0 amide bonds. The van der Waals surface area contributed by atoms with Crippen molar-refractivity contribution in [2.45, 2.75) is 84.6 Å². The monoisotopic (exact) mass is 289 g/mol. The Morgan fingerprint density at radius 3 is 1.95 bits per heavy atom. The number of benzene rings is 1. The van der Waals surface area contributed by atoms with Crippen LogP contribution in [0.1, 0.15) is 89.3 Å². The normalized spacial score (nSPS) is 12.5. The van der Waals surface area contributed by atoms with Gasteiger partial charge in [0.1, 0.15) is 0 Å². The van der Waals surface area contributed by atoms with Crippen molar-refractivity contribution in [3.8, 4) is 0 Å². The fourth-order valence-electron chi connectivity index (χ4n) is 2.74. The van der Waals surface area contributed by atoms with Crippen LogP contribution in [-0.2, 0) is 6.42 Å². The molecule has 1 atom stereocenters. The van der Waals surface area contributed by atoms with E-state index in [-0.39, 0.29) is 0 Å². The second-order valence-electron chi connectivity index (χ2n) is 6.25. The molecule has 0 aliphatic heterocycles. The smallest absolute Gasteiger partial charge is 0.0291 e. The Labute approximate surface area is 132 Å². The van der Waals surface area contributed by atoms with Crippen molar-refractivity contribution in [3.05, 3.63) is 35.4 Å². The van der Waals surface area contributed by atoms with E-state index in [1.807, 2.05) is 0 Å². The van der Waals surface area contributed by atoms with Gasteiger partial charge in [0.25, 0.3) is 0 Å². The van der Waals surface area contributed by atoms with Gasteiger partial charge in [-0.1, -0.05) is 83.1 Å². The van der Waals surface area contributed by atoms with Crippen molar-refractivity contribution in [1.82, 2.24) is 5.32 Å². The van der Waals surface area contributed by atoms with Crippen molar-refractivity contribution in [3.63, 3.8) is 0 Å². The van der Waals surface area contributed by atoms with Crippen molar-refractivity contribution < 1.29 is 0 Å². The van der Waals surface area contributed by atoms with Gasteiger partial charge in [0.05, 0.1) is 0 Å². The number of hydrogen-bond acceptors (Lipinski definition) is 1. The molecule has 21 heavy (non-hydrogen) atoms. The lowest BCUT2D eigenvalue weighted by Crippen LogP contribution is -2.19. The fourth-order valence-corrected chi connectivity index (χ4v) is 2.74. The van der Waals surface area contributed by atoms with Gasteiger partial charge in [-0.2, -0.15) is 0 Å². The number of rotatable bonds is 12. The van der Waals surface area contributed by atoms with E-state index in [2.05, 4.69) is 50.4 Å². The van der Waals surface area contributed by atoms with E-state index >= 15 is 0 Å². The van der Waals surface area contributed by atoms with Crippen molar-refractivity contribution in [1.29, 1.82) is 0 Å². The quantitative estimate of drug-likeness (QED) is 0.462. The fraction of sp³-hybridized carbons (Fsp3) is 0.700. The van der Waals surface area contributed by atoms with E-state index in [4.69, 9.17) is 0 Å². The molecule has 120 valence electrons. The Balaban J connectivity index is 2.03. The molecule has 0 radical (unpaired) electrons. The molecule has 0 saturated carbocycles. The van der Waals surface area contributed by atoms with Gasteiger partial charge in [-0.15, -0.1) is 0 Å². The summed E-state index contributed by atoms with van der Waals surface area (Å²) in [5, 5.41) is 3.65. The SMILES string of the molecule is CCCCCCCCCCNC(C)c1ccc(CC)cc1. The number of hydrogen-bond donors (Lipinski definition) is 1. The van der Waals surface area contributed by atoms with Crippen LogP contribution in [0.2, 0.25) is 0 Å². The second kappa shape index (κ2) is 11.8. The molecule has 1 heteroatoms. The summed E-state index contributed by atoms with van der Waals surface area (Å²) in [6.45, 7) is 7.90. The van der Waals surface area contributed by atoms with Gasteiger partial charge in [0.15, 0.2) is 0 Å². The van der Waals surface area contributed by atoms with Gasteiger partial charge in [-0.25, -0.2) is 0 Å². The Bertz CT molecular complexity index is 341. The van der Waals surface area contributed by atoms with Gasteiger partial charge < -0.3 is 5.32 Å². The molecular formula is C20H35N. The maximum Gasteiger partial charge on any atom is 0.0291 e. The molecule has 0 heterocycles. The third-order valence-electron chi connectivity index (χ3n) is 4.37. The number of aryl methyl sites for hydroxylation is 1. The Morgan fingerprint density at radius 2 is 1.38 bits per heavy atom. The zero-order chi connectivity index (χ0) is 15.3. The molecule has 1 aromatic carbocycles. The highest BCUT2D eigenvalue weighted by molar-refractivity contribution is 5.24. The second-order valence-corrected chi connectivity index (χ2v) is 6.25. The average Bonchev–Trinajstić information content (AvgIpc) is 2.53.